The number of rotatable bonds is 5. The highest BCUT2D eigenvalue weighted by Gasteiger charge is 2.15. The van der Waals surface area contributed by atoms with Crippen LogP contribution in [0.4, 0.5) is 0 Å². The summed E-state index contributed by atoms with van der Waals surface area (Å²) in [6.45, 7) is 4.33. The minimum Gasteiger partial charge on any atom is -0.349 e. The van der Waals surface area contributed by atoms with Crippen LogP contribution in [-0.4, -0.2) is 25.5 Å². The van der Waals surface area contributed by atoms with Gasteiger partial charge in [-0.2, -0.15) is 0 Å². The molecule has 3 rings (SSSR count). The second kappa shape index (κ2) is 6.83. The van der Waals surface area contributed by atoms with Crippen LogP contribution in [0.2, 0.25) is 0 Å². The van der Waals surface area contributed by atoms with Crippen molar-refractivity contribution < 1.29 is 4.79 Å². The van der Waals surface area contributed by atoms with Gasteiger partial charge in [0, 0.05) is 18.1 Å². The number of carbonyl (C=O) groups excluding carboxylic acids is 1. The van der Waals surface area contributed by atoms with Crippen LogP contribution < -0.4 is 5.32 Å². The molecule has 23 heavy (non-hydrogen) atoms. The summed E-state index contributed by atoms with van der Waals surface area (Å²) in [5.74, 6) is -0.0190. The van der Waals surface area contributed by atoms with E-state index in [0.29, 0.717) is 6.54 Å². The molecule has 1 amide bonds. The van der Waals surface area contributed by atoms with Crippen LogP contribution in [0.1, 0.15) is 18.3 Å². The molecule has 3 aromatic rings. The molecule has 3 heterocycles. The molecule has 0 bridgehead atoms. The van der Waals surface area contributed by atoms with E-state index < -0.39 is 0 Å². The summed E-state index contributed by atoms with van der Waals surface area (Å²) in [6, 6.07) is 11.6. The Hall–Kier alpha value is -2.34. The summed E-state index contributed by atoms with van der Waals surface area (Å²) < 4.78 is 2.02. The average molecular weight is 326 g/mol. The van der Waals surface area contributed by atoms with E-state index >= 15 is 0 Å². The van der Waals surface area contributed by atoms with Crippen molar-refractivity contribution in [1.29, 1.82) is 0 Å². The van der Waals surface area contributed by atoms with Gasteiger partial charge in [0.15, 0.2) is 0 Å². The third-order valence-corrected chi connectivity index (χ3v) is 4.54. The second-order valence-electron chi connectivity index (χ2n) is 5.27. The van der Waals surface area contributed by atoms with Gasteiger partial charge in [-0.1, -0.05) is 23.9 Å². The fourth-order valence-electron chi connectivity index (χ4n) is 2.26. The molecule has 1 atom stereocenters. The summed E-state index contributed by atoms with van der Waals surface area (Å²) in [4.78, 5) is 21.0. The first kappa shape index (κ1) is 15.6. The molecule has 0 spiro atoms. The molecular formula is C17H18N4OS. The van der Waals surface area contributed by atoms with Crippen LogP contribution in [0.5, 0.6) is 0 Å². The van der Waals surface area contributed by atoms with Gasteiger partial charge in [0.2, 0.25) is 5.91 Å². The predicted molar refractivity (Wildman–Crippen MR) is 91.3 cm³/mol. The standard InChI is InChI=1S/C17H18N4OS/c1-12-6-5-7-15-20-14(11-21(12)15)10-19-17(22)13(2)23-16-8-3-4-9-18-16/h3-9,11,13H,10H2,1-2H3,(H,19,22). The molecule has 118 valence electrons. The maximum atomic E-state index is 12.2. The Morgan fingerprint density at radius 3 is 2.91 bits per heavy atom. The van der Waals surface area contributed by atoms with Gasteiger partial charge in [0.25, 0.3) is 0 Å². The molecule has 0 aliphatic rings. The molecule has 0 radical (unpaired) electrons. The molecule has 0 saturated carbocycles. The Bertz CT molecular complexity index is 816. The van der Waals surface area contributed by atoms with Gasteiger partial charge in [-0.05, 0) is 38.1 Å². The molecule has 0 fully saturated rings. The van der Waals surface area contributed by atoms with Crippen molar-refractivity contribution in [3.63, 3.8) is 0 Å². The summed E-state index contributed by atoms with van der Waals surface area (Å²) in [5.41, 5.74) is 2.86. The van der Waals surface area contributed by atoms with Gasteiger partial charge in [-0.15, -0.1) is 0 Å². The van der Waals surface area contributed by atoms with E-state index in [2.05, 4.69) is 15.3 Å². The first-order valence-corrected chi connectivity index (χ1v) is 8.30. The zero-order valence-corrected chi connectivity index (χ0v) is 13.9. The summed E-state index contributed by atoms with van der Waals surface area (Å²) in [6.07, 6.45) is 3.69. The Morgan fingerprint density at radius 2 is 2.17 bits per heavy atom. The fraction of sp³-hybridized carbons (Fsp3) is 0.235. The lowest BCUT2D eigenvalue weighted by Crippen LogP contribution is -2.30. The first-order chi connectivity index (χ1) is 11.1. The van der Waals surface area contributed by atoms with Gasteiger partial charge in [0.05, 0.1) is 22.5 Å². The summed E-state index contributed by atoms with van der Waals surface area (Å²) in [5, 5.41) is 3.58. The number of aromatic nitrogens is 3. The number of imidazole rings is 1. The zero-order valence-electron chi connectivity index (χ0n) is 13.1. The van der Waals surface area contributed by atoms with E-state index in [4.69, 9.17) is 0 Å². The highest BCUT2D eigenvalue weighted by molar-refractivity contribution is 8.00. The first-order valence-electron chi connectivity index (χ1n) is 7.42. The second-order valence-corrected chi connectivity index (χ2v) is 6.63. The molecule has 1 N–H and O–H groups in total. The normalized spacial score (nSPS) is 12.3. The van der Waals surface area contributed by atoms with Crippen LogP contribution >= 0.6 is 11.8 Å². The molecule has 3 aromatic heterocycles. The van der Waals surface area contributed by atoms with Crippen LogP contribution in [0.15, 0.2) is 53.8 Å². The largest absolute Gasteiger partial charge is 0.349 e. The van der Waals surface area contributed by atoms with E-state index in [1.807, 2.05) is 60.8 Å². The number of amides is 1. The lowest BCUT2D eigenvalue weighted by Gasteiger charge is -2.10. The highest BCUT2D eigenvalue weighted by atomic mass is 32.2. The van der Waals surface area contributed by atoms with E-state index in [0.717, 1.165) is 22.1 Å². The number of fused-ring (bicyclic) bond motifs is 1. The minimum atomic E-state index is -0.205. The monoisotopic (exact) mass is 326 g/mol. The number of nitrogens with zero attached hydrogens (tertiary/aromatic N) is 3. The fourth-order valence-corrected chi connectivity index (χ4v) is 3.09. The molecule has 0 saturated heterocycles. The minimum absolute atomic E-state index is 0.0190. The smallest absolute Gasteiger partial charge is 0.233 e. The van der Waals surface area contributed by atoms with Crippen molar-refractivity contribution in [3.8, 4) is 0 Å². The number of hydrogen-bond acceptors (Lipinski definition) is 4. The molecule has 0 aromatic carbocycles. The van der Waals surface area contributed by atoms with Crippen molar-refractivity contribution in [2.45, 2.75) is 30.7 Å². The van der Waals surface area contributed by atoms with Gasteiger partial charge in [-0.25, -0.2) is 9.97 Å². The van der Waals surface area contributed by atoms with Crippen LogP contribution in [0.25, 0.3) is 5.65 Å². The third kappa shape index (κ3) is 3.71. The molecule has 5 nitrogen and oxygen atoms in total. The van der Waals surface area contributed by atoms with E-state index in [1.165, 1.54) is 11.8 Å². The average Bonchev–Trinajstić information content (AvgIpc) is 2.98. The van der Waals surface area contributed by atoms with Crippen LogP contribution in [0.3, 0.4) is 0 Å². The van der Waals surface area contributed by atoms with Gasteiger partial charge in [0.1, 0.15) is 5.65 Å². The lowest BCUT2D eigenvalue weighted by atomic mass is 10.4. The van der Waals surface area contributed by atoms with Crippen LogP contribution in [-0.2, 0) is 11.3 Å². The number of nitrogens with one attached hydrogen (secondary N) is 1. The van der Waals surface area contributed by atoms with Crippen molar-refractivity contribution in [2.24, 2.45) is 0 Å². The molecule has 0 aliphatic heterocycles. The maximum Gasteiger partial charge on any atom is 0.233 e. The Kier molecular flexibility index (Phi) is 4.62. The SMILES string of the molecule is Cc1cccc2nc(CNC(=O)C(C)Sc3ccccn3)cn12. The van der Waals surface area contributed by atoms with Gasteiger partial charge >= 0.3 is 0 Å². The number of thioether (sulfide) groups is 1. The van der Waals surface area contributed by atoms with Gasteiger partial charge in [-0.3, -0.25) is 4.79 Å². The summed E-state index contributed by atoms with van der Waals surface area (Å²) >= 11 is 1.45. The Morgan fingerprint density at radius 1 is 1.30 bits per heavy atom. The van der Waals surface area contributed by atoms with E-state index in [1.54, 1.807) is 6.20 Å². The summed E-state index contributed by atoms with van der Waals surface area (Å²) in [7, 11) is 0. The van der Waals surface area contributed by atoms with Crippen molar-refractivity contribution in [1.82, 2.24) is 19.7 Å². The molecule has 1 unspecified atom stereocenters. The predicted octanol–water partition coefficient (Wildman–Crippen LogP) is 2.83. The molecular weight excluding hydrogens is 308 g/mol. The molecule has 6 heteroatoms. The lowest BCUT2D eigenvalue weighted by molar-refractivity contribution is -0.120. The number of pyridine rings is 2. The Labute approximate surface area is 139 Å². The quantitative estimate of drug-likeness (QED) is 0.733. The van der Waals surface area contributed by atoms with Crippen molar-refractivity contribution >= 4 is 23.3 Å². The van der Waals surface area contributed by atoms with Crippen molar-refractivity contribution in [3.05, 3.63) is 60.2 Å². The van der Waals surface area contributed by atoms with Crippen molar-refractivity contribution in [2.75, 3.05) is 0 Å². The molecule has 0 aliphatic carbocycles. The highest BCUT2D eigenvalue weighted by Crippen LogP contribution is 2.20. The van der Waals surface area contributed by atoms with E-state index in [-0.39, 0.29) is 11.2 Å². The van der Waals surface area contributed by atoms with Crippen LogP contribution in [0, 0.1) is 6.92 Å². The zero-order chi connectivity index (χ0) is 16.2. The number of aryl methyl sites for hydroxylation is 1. The van der Waals surface area contributed by atoms with E-state index in [9.17, 15) is 4.79 Å². The van der Waals surface area contributed by atoms with Gasteiger partial charge < -0.3 is 9.72 Å². The maximum absolute atomic E-state index is 12.2. The topological polar surface area (TPSA) is 59.3 Å². The third-order valence-electron chi connectivity index (χ3n) is 3.49. The number of hydrogen-bond donors (Lipinski definition) is 1. The number of carbonyl (C=O) groups is 1. The Balaban J connectivity index is 1.60.